The van der Waals surface area contributed by atoms with Crippen LogP contribution in [0.4, 0.5) is 0 Å². The summed E-state index contributed by atoms with van der Waals surface area (Å²) in [4.78, 5) is 6.79. The molecule has 1 aromatic rings. The zero-order chi connectivity index (χ0) is 19.5. The molecule has 1 unspecified atom stereocenters. The number of nitrogens with zero attached hydrogens (tertiary/aromatic N) is 2. The summed E-state index contributed by atoms with van der Waals surface area (Å²) in [6, 6.07) is 11.2. The van der Waals surface area contributed by atoms with Gasteiger partial charge in [0.05, 0.1) is 0 Å². The minimum atomic E-state index is 0. The summed E-state index contributed by atoms with van der Waals surface area (Å²) in [6.07, 6.45) is 6.14. The Morgan fingerprint density at radius 3 is 2.54 bits per heavy atom. The van der Waals surface area contributed by atoms with Crippen LogP contribution in [0.3, 0.4) is 0 Å². The van der Waals surface area contributed by atoms with Crippen molar-refractivity contribution in [2.24, 2.45) is 10.4 Å². The SMILES string of the molecule is CN=C(NCCC(C)N(C)Cc1ccccc1)NCC1(CCOC)CCC1.I. The Kier molecular flexibility index (Phi) is 12.0. The average molecular weight is 502 g/mol. The van der Waals surface area contributed by atoms with Crippen LogP contribution in [-0.4, -0.2) is 57.8 Å². The van der Waals surface area contributed by atoms with E-state index in [0.29, 0.717) is 11.5 Å². The first-order chi connectivity index (χ1) is 13.1. The molecule has 5 nitrogen and oxygen atoms in total. The van der Waals surface area contributed by atoms with E-state index < -0.39 is 0 Å². The first kappa shape index (κ1) is 25.2. The number of nitrogens with one attached hydrogen (secondary N) is 2. The van der Waals surface area contributed by atoms with Crippen LogP contribution in [0.25, 0.3) is 0 Å². The van der Waals surface area contributed by atoms with Gasteiger partial charge in [0.25, 0.3) is 0 Å². The zero-order valence-corrected chi connectivity index (χ0v) is 20.4. The zero-order valence-electron chi connectivity index (χ0n) is 18.0. The van der Waals surface area contributed by atoms with Gasteiger partial charge in [0.1, 0.15) is 0 Å². The molecule has 0 aliphatic heterocycles. The number of rotatable bonds is 11. The van der Waals surface area contributed by atoms with Crippen molar-refractivity contribution >= 4 is 29.9 Å². The summed E-state index contributed by atoms with van der Waals surface area (Å²) < 4.78 is 5.28. The van der Waals surface area contributed by atoms with E-state index in [4.69, 9.17) is 4.74 Å². The number of guanidine groups is 1. The number of methoxy groups -OCH3 is 1. The van der Waals surface area contributed by atoms with E-state index >= 15 is 0 Å². The van der Waals surface area contributed by atoms with Crippen molar-refractivity contribution in [2.45, 2.75) is 51.6 Å². The first-order valence-electron chi connectivity index (χ1n) is 10.3. The number of ether oxygens (including phenoxy) is 1. The van der Waals surface area contributed by atoms with Gasteiger partial charge >= 0.3 is 0 Å². The molecule has 0 heterocycles. The number of benzene rings is 1. The van der Waals surface area contributed by atoms with Crippen LogP contribution in [0.2, 0.25) is 0 Å². The molecule has 2 N–H and O–H groups in total. The second-order valence-corrected chi connectivity index (χ2v) is 7.99. The Balaban J connectivity index is 0.00000392. The molecule has 0 amide bonds. The smallest absolute Gasteiger partial charge is 0.190 e. The summed E-state index contributed by atoms with van der Waals surface area (Å²) in [5.41, 5.74) is 1.76. The lowest BCUT2D eigenvalue weighted by atomic mass is 9.67. The average Bonchev–Trinajstić information content (AvgIpc) is 2.65. The molecule has 1 aliphatic rings. The predicted octanol–water partition coefficient (Wildman–Crippen LogP) is 3.89. The summed E-state index contributed by atoms with van der Waals surface area (Å²) in [6.45, 7) is 6.02. The highest BCUT2D eigenvalue weighted by molar-refractivity contribution is 14.0. The summed E-state index contributed by atoms with van der Waals surface area (Å²) >= 11 is 0. The van der Waals surface area contributed by atoms with Gasteiger partial charge in [0, 0.05) is 46.4 Å². The van der Waals surface area contributed by atoms with Crippen LogP contribution in [0.1, 0.15) is 44.6 Å². The standard InChI is InChI=1S/C22H38N4O.HI/c1-19(26(3)17-20-9-6-5-7-10-20)11-15-24-21(23-2)25-18-22(12-8-13-22)14-16-27-4;/h5-7,9-10,19H,8,11-18H2,1-4H3,(H2,23,24,25);1H. The Labute approximate surface area is 188 Å². The topological polar surface area (TPSA) is 48.9 Å². The van der Waals surface area contributed by atoms with Crippen LogP contribution in [0, 0.1) is 5.41 Å². The van der Waals surface area contributed by atoms with Crippen molar-refractivity contribution < 1.29 is 4.74 Å². The molecule has 28 heavy (non-hydrogen) atoms. The van der Waals surface area contributed by atoms with Gasteiger partial charge in [-0.15, -0.1) is 24.0 Å². The summed E-state index contributed by atoms with van der Waals surface area (Å²) in [5.74, 6) is 0.914. The predicted molar refractivity (Wildman–Crippen MR) is 130 cm³/mol. The van der Waals surface area contributed by atoms with Crippen LogP contribution in [-0.2, 0) is 11.3 Å². The third kappa shape index (κ3) is 8.25. The minimum absolute atomic E-state index is 0. The fraction of sp³-hybridized carbons (Fsp3) is 0.682. The van der Waals surface area contributed by atoms with Crippen molar-refractivity contribution in [2.75, 3.05) is 40.9 Å². The molecule has 1 aromatic carbocycles. The van der Waals surface area contributed by atoms with Crippen molar-refractivity contribution in [3.63, 3.8) is 0 Å². The second kappa shape index (κ2) is 13.4. The van der Waals surface area contributed by atoms with Crippen molar-refractivity contribution in [3.05, 3.63) is 35.9 Å². The minimum Gasteiger partial charge on any atom is -0.385 e. The molecule has 160 valence electrons. The Bertz CT molecular complexity index is 563. The quantitative estimate of drug-likeness (QED) is 0.274. The molecule has 1 saturated carbocycles. The van der Waals surface area contributed by atoms with Crippen LogP contribution < -0.4 is 10.6 Å². The van der Waals surface area contributed by atoms with E-state index in [-0.39, 0.29) is 24.0 Å². The highest BCUT2D eigenvalue weighted by Gasteiger charge is 2.36. The van der Waals surface area contributed by atoms with Gasteiger partial charge in [0.15, 0.2) is 5.96 Å². The molecular weight excluding hydrogens is 463 g/mol. The first-order valence-corrected chi connectivity index (χ1v) is 10.3. The Hall–Kier alpha value is -0.860. The number of hydrogen-bond acceptors (Lipinski definition) is 3. The molecule has 2 rings (SSSR count). The number of aliphatic imine (C=N–C) groups is 1. The van der Waals surface area contributed by atoms with Gasteiger partial charge in [-0.2, -0.15) is 0 Å². The van der Waals surface area contributed by atoms with E-state index in [0.717, 1.165) is 45.0 Å². The van der Waals surface area contributed by atoms with Gasteiger partial charge in [-0.3, -0.25) is 9.89 Å². The van der Waals surface area contributed by atoms with E-state index in [2.05, 4.69) is 64.8 Å². The van der Waals surface area contributed by atoms with Gasteiger partial charge < -0.3 is 15.4 Å². The molecule has 0 bridgehead atoms. The Morgan fingerprint density at radius 1 is 1.25 bits per heavy atom. The van der Waals surface area contributed by atoms with E-state index in [1.807, 2.05) is 7.05 Å². The summed E-state index contributed by atoms with van der Waals surface area (Å²) in [7, 11) is 5.83. The van der Waals surface area contributed by atoms with Gasteiger partial charge in [-0.05, 0) is 50.6 Å². The molecule has 6 heteroatoms. The lowest BCUT2D eigenvalue weighted by molar-refractivity contribution is 0.0732. The van der Waals surface area contributed by atoms with Crippen molar-refractivity contribution in [1.29, 1.82) is 0 Å². The second-order valence-electron chi connectivity index (χ2n) is 7.99. The largest absolute Gasteiger partial charge is 0.385 e. The molecule has 0 aromatic heterocycles. The molecule has 0 radical (unpaired) electrons. The molecule has 0 saturated heterocycles. The van der Waals surface area contributed by atoms with Gasteiger partial charge in [-0.1, -0.05) is 36.8 Å². The lowest BCUT2D eigenvalue weighted by Gasteiger charge is -2.42. The molecule has 1 atom stereocenters. The fourth-order valence-electron chi connectivity index (χ4n) is 3.65. The highest BCUT2D eigenvalue weighted by atomic mass is 127. The van der Waals surface area contributed by atoms with E-state index in [1.165, 1.54) is 24.8 Å². The molecule has 1 aliphatic carbocycles. The number of halogens is 1. The van der Waals surface area contributed by atoms with Crippen LogP contribution >= 0.6 is 24.0 Å². The fourth-order valence-corrected chi connectivity index (χ4v) is 3.65. The maximum atomic E-state index is 5.28. The van der Waals surface area contributed by atoms with Crippen LogP contribution in [0.5, 0.6) is 0 Å². The van der Waals surface area contributed by atoms with Gasteiger partial charge in [0.2, 0.25) is 0 Å². The monoisotopic (exact) mass is 502 g/mol. The third-order valence-electron chi connectivity index (χ3n) is 5.99. The van der Waals surface area contributed by atoms with Crippen molar-refractivity contribution in [3.8, 4) is 0 Å². The van der Waals surface area contributed by atoms with Gasteiger partial charge in [-0.25, -0.2) is 0 Å². The van der Waals surface area contributed by atoms with E-state index in [9.17, 15) is 0 Å². The molecular formula is C22H39IN4O. The maximum absolute atomic E-state index is 5.28. The third-order valence-corrected chi connectivity index (χ3v) is 5.99. The highest BCUT2D eigenvalue weighted by Crippen LogP contribution is 2.43. The van der Waals surface area contributed by atoms with Crippen LogP contribution in [0.15, 0.2) is 35.3 Å². The summed E-state index contributed by atoms with van der Waals surface area (Å²) in [5, 5.41) is 7.01. The van der Waals surface area contributed by atoms with E-state index in [1.54, 1.807) is 7.11 Å². The number of hydrogen-bond donors (Lipinski definition) is 2. The van der Waals surface area contributed by atoms with Crippen molar-refractivity contribution in [1.82, 2.24) is 15.5 Å². The molecule has 0 spiro atoms. The molecule has 1 fully saturated rings. The Morgan fingerprint density at radius 2 is 1.96 bits per heavy atom. The lowest BCUT2D eigenvalue weighted by Crippen LogP contribution is -2.47. The maximum Gasteiger partial charge on any atom is 0.190 e. The normalized spacial score (nSPS) is 16.8.